The van der Waals surface area contributed by atoms with Crippen LogP contribution in [0.2, 0.25) is 0 Å². The van der Waals surface area contributed by atoms with Crippen molar-refractivity contribution in [3.8, 4) is 11.9 Å². The van der Waals surface area contributed by atoms with Gasteiger partial charge < -0.3 is 9.52 Å². The molecular weight excluding hydrogens is 412 g/mol. The number of nitriles is 1. The second-order valence-electron chi connectivity index (χ2n) is 6.14. The number of benzene rings is 1. The van der Waals surface area contributed by atoms with Gasteiger partial charge in [0, 0.05) is 11.6 Å². The van der Waals surface area contributed by atoms with Crippen molar-refractivity contribution < 1.29 is 19.4 Å². The van der Waals surface area contributed by atoms with Gasteiger partial charge >= 0.3 is 5.69 Å². The van der Waals surface area contributed by atoms with E-state index in [9.17, 15) is 35.4 Å². The first kappa shape index (κ1) is 20.9. The maximum atomic E-state index is 12.9. The highest BCUT2D eigenvalue weighted by molar-refractivity contribution is 5.62. The van der Waals surface area contributed by atoms with Gasteiger partial charge in [-0.2, -0.15) is 5.26 Å². The Bertz CT molecular complexity index is 1320. The summed E-state index contributed by atoms with van der Waals surface area (Å²) in [5.74, 6) is -0.277. The van der Waals surface area contributed by atoms with Gasteiger partial charge in [-0.25, -0.2) is 0 Å². The van der Waals surface area contributed by atoms with Crippen LogP contribution in [0.25, 0.3) is 0 Å². The molecule has 31 heavy (non-hydrogen) atoms. The molecule has 1 aromatic carbocycles. The minimum Gasteiger partial charge on any atom is -0.493 e. The Morgan fingerprint density at radius 1 is 1.23 bits per heavy atom. The van der Waals surface area contributed by atoms with Crippen LogP contribution in [0, 0.1) is 38.5 Å². The van der Waals surface area contributed by atoms with Crippen LogP contribution >= 0.6 is 0 Å². The smallest absolute Gasteiger partial charge is 0.303 e. The van der Waals surface area contributed by atoms with Crippen LogP contribution in [-0.2, 0) is 6.54 Å². The third-order valence-corrected chi connectivity index (χ3v) is 4.29. The normalized spacial score (nSPS) is 10.8. The van der Waals surface area contributed by atoms with E-state index in [4.69, 9.17) is 4.42 Å². The third kappa shape index (κ3) is 3.98. The second kappa shape index (κ2) is 8.25. The molecule has 0 unspecified atom stereocenters. The molecule has 3 aromatic rings. The quantitative estimate of drug-likeness (QED) is 0.352. The minimum absolute atomic E-state index is 0.00834. The lowest BCUT2D eigenvalue weighted by atomic mass is 10.1. The topological polar surface area (TPSA) is 190 Å². The first-order valence-corrected chi connectivity index (χ1v) is 8.48. The van der Waals surface area contributed by atoms with Crippen LogP contribution in [-0.4, -0.2) is 19.5 Å². The number of rotatable bonds is 6. The van der Waals surface area contributed by atoms with E-state index < -0.39 is 32.7 Å². The average molecular weight is 424 g/mol. The van der Waals surface area contributed by atoms with Gasteiger partial charge in [-0.05, 0) is 25.1 Å². The minimum atomic E-state index is -0.874. The van der Waals surface area contributed by atoms with Gasteiger partial charge in [0.2, 0.25) is 5.88 Å². The summed E-state index contributed by atoms with van der Waals surface area (Å²) in [4.78, 5) is 33.3. The van der Waals surface area contributed by atoms with Crippen molar-refractivity contribution in [3.05, 3.63) is 84.1 Å². The number of pyridine rings is 1. The van der Waals surface area contributed by atoms with Crippen LogP contribution in [0.3, 0.4) is 0 Å². The lowest BCUT2D eigenvalue weighted by Gasteiger charge is -2.11. The summed E-state index contributed by atoms with van der Waals surface area (Å²) in [6.45, 7) is 1.16. The summed E-state index contributed by atoms with van der Waals surface area (Å²) in [6.07, 6.45) is 1.37. The Morgan fingerprint density at radius 3 is 2.55 bits per heavy atom. The highest BCUT2D eigenvalue weighted by Gasteiger charge is 2.22. The Kier molecular flexibility index (Phi) is 5.55. The summed E-state index contributed by atoms with van der Waals surface area (Å²) in [7, 11) is 0. The van der Waals surface area contributed by atoms with Crippen LogP contribution in [0.5, 0.6) is 5.88 Å². The predicted octanol–water partition coefficient (Wildman–Crippen LogP) is 3.61. The Morgan fingerprint density at radius 2 is 1.97 bits per heavy atom. The number of aromatic nitrogens is 1. The average Bonchev–Trinajstić information content (AvgIpc) is 3.24. The number of aromatic hydroxyl groups is 1. The molecule has 2 aromatic heterocycles. The molecule has 0 saturated carbocycles. The highest BCUT2D eigenvalue weighted by atomic mass is 16.6. The summed E-state index contributed by atoms with van der Waals surface area (Å²) in [5, 5.41) is 49.3. The molecule has 2 heterocycles. The molecule has 0 spiro atoms. The number of hydrogen-bond donors (Lipinski definition) is 1. The molecule has 0 aliphatic heterocycles. The van der Waals surface area contributed by atoms with Crippen molar-refractivity contribution in [3.63, 3.8) is 0 Å². The van der Waals surface area contributed by atoms with Crippen molar-refractivity contribution in [2.45, 2.75) is 13.5 Å². The van der Waals surface area contributed by atoms with E-state index >= 15 is 0 Å². The molecule has 0 fully saturated rings. The fourth-order valence-corrected chi connectivity index (χ4v) is 2.72. The van der Waals surface area contributed by atoms with E-state index in [2.05, 4.69) is 10.2 Å². The number of nitro benzene ring substituents is 2. The number of non-ortho nitro benzene ring substituents is 1. The summed E-state index contributed by atoms with van der Waals surface area (Å²) >= 11 is 0. The van der Waals surface area contributed by atoms with Crippen molar-refractivity contribution in [1.29, 1.82) is 5.26 Å². The van der Waals surface area contributed by atoms with Crippen molar-refractivity contribution in [1.82, 2.24) is 4.57 Å². The molecule has 0 amide bonds. The maximum absolute atomic E-state index is 12.9. The molecule has 3 rings (SSSR count). The second-order valence-corrected chi connectivity index (χ2v) is 6.14. The van der Waals surface area contributed by atoms with Crippen molar-refractivity contribution in [2.75, 3.05) is 0 Å². The van der Waals surface area contributed by atoms with Crippen molar-refractivity contribution in [2.24, 2.45) is 10.2 Å². The van der Waals surface area contributed by atoms with Crippen LogP contribution in [0.4, 0.5) is 22.7 Å². The molecule has 0 aliphatic carbocycles. The maximum Gasteiger partial charge on any atom is 0.303 e. The number of azo groups is 1. The van der Waals surface area contributed by atoms with Crippen LogP contribution in [0.1, 0.15) is 16.9 Å². The SMILES string of the molecule is Cc1c(C#N)c(O)n(Cc2ccco2)c(=O)c1N=Nc1ccc([N+](=O)[O-])cc1[N+](=O)[O-]. The van der Waals surface area contributed by atoms with Crippen molar-refractivity contribution >= 4 is 22.7 Å². The van der Waals surface area contributed by atoms with Gasteiger partial charge in [0.05, 0.1) is 28.7 Å². The van der Waals surface area contributed by atoms with Gasteiger partial charge in [0.15, 0.2) is 11.4 Å². The van der Waals surface area contributed by atoms with Gasteiger partial charge in [0.1, 0.15) is 17.4 Å². The molecule has 0 atom stereocenters. The van der Waals surface area contributed by atoms with E-state index in [0.29, 0.717) is 11.8 Å². The zero-order chi connectivity index (χ0) is 22.7. The first-order chi connectivity index (χ1) is 14.7. The third-order valence-electron chi connectivity index (χ3n) is 4.29. The van der Waals surface area contributed by atoms with Gasteiger partial charge in [-0.1, -0.05) is 0 Å². The highest BCUT2D eigenvalue weighted by Crippen LogP contribution is 2.33. The standard InChI is InChI=1S/C18H12N6O7/c1-10-13(8-19)17(25)22(9-12-3-2-6-31-12)18(26)16(10)21-20-14-5-4-11(23(27)28)7-15(14)24(29)30/h2-7,25H,9H2,1H3. The summed E-state index contributed by atoms with van der Waals surface area (Å²) in [6, 6.07) is 7.64. The number of furan rings is 1. The Hall–Kier alpha value is -4.86. The van der Waals surface area contributed by atoms with Gasteiger partial charge in [-0.3, -0.25) is 29.6 Å². The predicted molar refractivity (Wildman–Crippen MR) is 104 cm³/mol. The number of nitro groups is 2. The fraction of sp³-hybridized carbons (Fsp3) is 0.111. The zero-order valence-electron chi connectivity index (χ0n) is 15.8. The number of hydrogen-bond acceptors (Lipinski definition) is 10. The van der Waals surface area contributed by atoms with Gasteiger partial charge in [-0.15, -0.1) is 10.2 Å². The van der Waals surface area contributed by atoms with E-state index in [1.54, 1.807) is 18.2 Å². The lowest BCUT2D eigenvalue weighted by molar-refractivity contribution is -0.393. The Labute approximate surface area is 172 Å². The molecule has 0 saturated heterocycles. The molecule has 1 N–H and O–H groups in total. The molecule has 13 nitrogen and oxygen atoms in total. The zero-order valence-corrected chi connectivity index (χ0v) is 15.8. The van der Waals surface area contributed by atoms with Crippen LogP contribution in [0.15, 0.2) is 56.0 Å². The van der Waals surface area contributed by atoms with E-state index in [-0.39, 0.29) is 29.0 Å². The fourth-order valence-electron chi connectivity index (χ4n) is 2.72. The van der Waals surface area contributed by atoms with E-state index in [0.717, 1.165) is 16.7 Å². The molecule has 0 bridgehead atoms. The monoisotopic (exact) mass is 424 g/mol. The number of nitrogens with zero attached hydrogens (tertiary/aromatic N) is 6. The van der Waals surface area contributed by atoms with Crippen LogP contribution < -0.4 is 5.56 Å². The molecule has 13 heteroatoms. The van der Waals surface area contributed by atoms with E-state index in [1.807, 2.05) is 0 Å². The van der Waals surface area contributed by atoms with Gasteiger partial charge in [0.25, 0.3) is 11.2 Å². The molecule has 0 radical (unpaired) electrons. The summed E-state index contributed by atoms with van der Waals surface area (Å²) < 4.78 is 6.01. The largest absolute Gasteiger partial charge is 0.493 e. The summed E-state index contributed by atoms with van der Waals surface area (Å²) in [5.41, 5.74) is -2.93. The molecule has 0 aliphatic rings. The Balaban J connectivity index is 2.15. The molecule has 156 valence electrons. The lowest BCUT2D eigenvalue weighted by Crippen LogP contribution is -2.22. The van der Waals surface area contributed by atoms with E-state index in [1.165, 1.54) is 13.2 Å². The molecular formula is C18H12N6O7. The first-order valence-electron chi connectivity index (χ1n) is 8.48.